The van der Waals surface area contributed by atoms with Crippen molar-refractivity contribution in [3.8, 4) is 0 Å². The predicted molar refractivity (Wildman–Crippen MR) is 74.4 cm³/mol. The highest BCUT2D eigenvalue weighted by Crippen LogP contribution is 2.31. The number of halogens is 1. The first kappa shape index (κ1) is 12.0. The Kier molecular flexibility index (Phi) is 3.58. The molecule has 0 saturated carbocycles. The van der Waals surface area contributed by atoms with E-state index in [0.29, 0.717) is 6.04 Å². The summed E-state index contributed by atoms with van der Waals surface area (Å²) < 4.78 is 0. The molecule has 0 aromatic heterocycles. The molecule has 0 spiro atoms. The van der Waals surface area contributed by atoms with Gasteiger partial charge in [-0.15, -0.1) is 0 Å². The lowest BCUT2D eigenvalue weighted by molar-refractivity contribution is 0.625. The quantitative estimate of drug-likeness (QED) is 0.737. The van der Waals surface area contributed by atoms with Gasteiger partial charge in [0, 0.05) is 23.6 Å². The summed E-state index contributed by atoms with van der Waals surface area (Å²) in [6, 6.07) is 7.48. The summed E-state index contributed by atoms with van der Waals surface area (Å²) >= 11 is 3.51. The number of hydrogen-bond donors (Lipinski definition) is 0. The Morgan fingerprint density at radius 3 is 2.62 bits per heavy atom. The fourth-order valence-corrected chi connectivity index (χ4v) is 3.11. The molecule has 1 aliphatic rings. The van der Waals surface area contributed by atoms with Crippen LogP contribution in [0.25, 0.3) is 0 Å². The van der Waals surface area contributed by atoms with Gasteiger partial charge in [-0.25, -0.2) is 0 Å². The van der Waals surface area contributed by atoms with E-state index in [0.717, 1.165) is 11.2 Å². The Balaban J connectivity index is 2.27. The Bertz CT molecular complexity index is 375. The molecule has 0 N–H and O–H groups in total. The largest absolute Gasteiger partial charge is 0.368 e. The van der Waals surface area contributed by atoms with Crippen LogP contribution in [0.15, 0.2) is 18.2 Å². The minimum atomic E-state index is 0.684. The smallest absolute Gasteiger partial charge is 0.0398 e. The molecule has 1 aliphatic heterocycles. The summed E-state index contributed by atoms with van der Waals surface area (Å²) in [4.78, 5) is 2.55. The van der Waals surface area contributed by atoms with Gasteiger partial charge in [0.2, 0.25) is 0 Å². The van der Waals surface area contributed by atoms with E-state index >= 15 is 0 Å². The number of nitrogens with zero attached hydrogens (tertiary/aromatic N) is 1. The van der Waals surface area contributed by atoms with Crippen LogP contribution in [-0.2, 0) is 5.33 Å². The first-order chi connectivity index (χ1) is 7.61. The van der Waals surface area contributed by atoms with Crippen LogP contribution >= 0.6 is 15.9 Å². The first-order valence-electron chi connectivity index (χ1n) is 6.04. The van der Waals surface area contributed by atoms with Crippen LogP contribution < -0.4 is 4.90 Å². The van der Waals surface area contributed by atoms with Crippen molar-refractivity contribution in [3.05, 3.63) is 29.3 Å². The highest BCUT2D eigenvalue weighted by molar-refractivity contribution is 9.08. The maximum atomic E-state index is 3.51. The second kappa shape index (κ2) is 4.79. The molecule has 88 valence electrons. The Morgan fingerprint density at radius 1 is 1.38 bits per heavy atom. The third-order valence-corrected chi connectivity index (χ3v) is 4.16. The minimum Gasteiger partial charge on any atom is -0.368 e. The van der Waals surface area contributed by atoms with Crippen LogP contribution in [0.2, 0.25) is 0 Å². The highest BCUT2D eigenvalue weighted by atomic mass is 79.9. The molecule has 1 aromatic rings. The Labute approximate surface area is 107 Å². The maximum Gasteiger partial charge on any atom is 0.0398 e. The van der Waals surface area contributed by atoms with Crippen molar-refractivity contribution in [3.63, 3.8) is 0 Å². The van der Waals surface area contributed by atoms with Crippen LogP contribution in [0.3, 0.4) is 0 Å². The van der Waals surface area contributed by atoms with E-state index in [1.165, 1.54) is 29.8 Å². The van der Waals surface area contributed by atoms with Crippen LogP contribution in [0.4, 0.5) is 5.69 Å². The second-order valence-electron chi connectivity index (χ2n) is 5.10. The third-order valence-electron chi connectivity index (χ3n) is 3.51. The van der Waals surface area contributed by atoms with Crippen LogP contribution in [0.1, 0.15) is 31.4 Å². The summed E-state index contributed by atoms with van der Waals surface area (Å²) in [6.07, 6.45) is 1.32. The van der Waals surface area contributed by atoms with E-state index in [-0.39, 0.29) is 0 Å². The zero-order valence-electron chi connectivity index (χ0n) is 10.3. The molecule has 0 radical (unpaired) electrons. The molecule has 2 rings (SSSR count). The average Bonchev–Trinajstić information content (AvgIpc) is 2.57. The fourth-order valence-electron chi connectivity index (χ4n) is 2.76. The molecule has 0 aliphatic carbocycles. The number of benzene rings is 1. The van der Waals surface area contributed by atoms with Crippen molar-refractivity contribution >= 4 is 21.6 Å². The lowest BCUT2D eigenvalue weighted by Crippen LogP contribution is -2.27. The topological polar surface area (TPSA) is 3.24 Å². The zero-order chi connectivity index (χ0) is 11.7. The Hall–Kier alpha value is -0.500. The summed E-state index contributed by atoms with van der Waals surface area (Å²) in [5, 5.41) is 0.945. The molecule has 16 heavy (non-hydrogen) atoms. The molecule has 1 fully saturated rings. The maximum absolute atomic E-state index is 3.51. The SMILES string of the molecule is Cc1cc(CBr)ccc1N1CC(C)CC1C. The average molecular weight is 282 g/mol. The number of aryl methyl sites for hydroxylation is 1. The zero-order valence-corrected chi connectivity index (χ0v) is 11.9. The van der Waals surface area contributed by atoms with Gasteiger partial charge in [-0.3, -0.25) is 0 Å². The van der Waals surface area contributed by atoms with Gasteiger partial charge >= 0.3 is 0 Å². The summed E-state index contributed by atoms with van der Waals surface area (Å²) in [5.41, 5.74) is 4.18. The number of rotatable bonds is 2. The van der Waals surface area contributed by atoms with Gasteiger partial charge in [-0.1, -0.05) is 35.0 Å². The van der Waals surface area contributed by atoms with Crippen molar-refractivity contribution in [1.29, 1.82) is 0 Å². The monoisotopic (exact) mass is 281 g/mol. The highest BCUT2D eigenvalue weighted by Gasteiger charge is 2.26. The predicted octanol–water partition coefficient (Wildman–Crippen LogP) is 4.12. The molecule has 0 bridgehead atoms. The number of alkyl halides is 1. The normalized spacial score (nSPS) is 25.1. The molecular formula is C14H20BrN. The van der Waals surface area contributed by atoms with Gasteiger partial charge in [0.1, 0.15) is 0 Å². The van der Waals surface area contributed by atoms with Crippen molar-refractivity contribution in [2.45, 2.75) is 38.6 Å². The fraction of sp³-hybridized carbons (Fsp3) is 0.571. The summed E-state index contributed by atoms with van der Waals surface area (Å²) in [6.45, 7) is 8.10. The van der Waals surface area contributed by atoms with E-state index < -0.39 is 0 Å². The Morgan fingerprint density at radius 2 is 2.12 bits per heavy atom. The van der Waals surface area contributed by atoms with Gasteiger partial charge in [-0.05, 0) is 43.4 Å². The summed E-state index contributed by atoms with van der Waals surface area (Å²) in [7, 11) is 0. The van der Waals surface area contributed by atoms with E-state index in [9.17, 15) is 0 Å². The lowest BCUT2D eigenvalue weighted by Gasteiger charge is -2.26. The molecule has 2 heteroatoms. The van der Waals surface area contributed by atoms with Crippen LogP contribution in [0.5, 0.6) is 0 Å². The van der Waals surface area contributed by atoms with Crippen molar-refractivity contribution < 1.29 is 0 Å². The molecule has 1 saturated heterocycles. The van der Waals surface area contributed by atoms with E-state index in [4.69, 9.17) is 0 Å². The van der Waals surface area contributed by atoms with Crippen molar-refractivity contribution in [2.24, 2.45) is 5.92 Å². The summed E-state index contributed by atoms with van der Waals surface area (Å²) in [5.74, 6) is 0.824. The molecule has 2 atom stereocenters. The number of hydrogen-bond acceptors (Lipinski definition) is 1. The standard InChI is InChI=1S/C14H20BrN/c1-10-6-12(3)16(9-10)14-5-4-13(8-15)7-11(14)2/h4-5,7,10,12H,6,8-9H2,1-3H3. The van der Waals surface area contributed by atoms with Crippen molar-refractivity contribution in [1.82, 2.24) is 0 Å². The van der Waals surface area contributed by atoms with Gasteiger partial charge < -0.3 is 4.90 Å². The lowest BCUT2D eigenvalue weighted by atomic mass is 10.1. The number of anilines is 1. The van der Waals surface area contributed by atoms with Gasteiger partial charge in [0.15, 0.2) is 0 Å². The van der Waals surface area contributed by atoms with E-state index in [2.05, 4.69) is 59.8 Å². The minimum absolute atomic E-state index is 0.684. The van der Waals surface area contributed by atoms with Crippen LogP contribution in [0, 0.1) is 12.8 Å². The molecular weight excluding hydrogens is 262 g/mol. The first-order valence-corrected chi connectivity index (χ1v) is 7.16. The molecule has 2 unspecified atom stereocenters. The van der Waals surface area contributed by atoms with Gasteiger partial charge in [0.25, 0.3) is 0 Å². The molecule has 0 amide bonds. The van der Waals surface area contributed by atoms with E-state index in [1.807, 2.05) is 0 Å². The molecule has 1 nitrogen and oxygen atoms in total. The van der Waals surface area contributed by atoms with Gasteiger partial charge in [0.05, 0.1) is 0 Å². The molecule has 1 aromatic carbocycles. The third kappa shape index (κ3) is 2.27. The van der Waals surface area contributed by atoms with Crippen LogP contribution in [-0.4, -0.2) is 12.6 Å². The van der Waals surface area contributed by atoms with Crippen molar-refractivity contribution in [2.75, 3.05) is 11.4 Å². The molecule has 1 heterocycles. The second-order valence-corrected chi connectivity index (χ2v) is 5.66. The van der Waals surface area contributed by atoms with Gasteiger partial charge in [-0.2, -0.15) is 0 Å². The van der Waals surface area contributed by atoms with E-state index in [1.54, 1.807) is 0 Å².